The molecule has 172 valence electrons. The number of furan rings is 1. The van der Waals surface area contributed by atoms with E-state index in [4.69, 9.17) is 27.6 Å². The Morgan fingerprint density at radius 1 is 0.882 bits per heavy atom. The first-order valence-electron chi connectivity index (χ1n) is 10.0. The Balaban J connectivity index is 1.53. The van der Waals surface area contributed by atoms with E-state index in [1.807, 2.05) is 30.3 Å². The molecule has 34 heavy (non-hydrogen) atoms. The summed E-state index contributed by atoms with van der Waals surface area (Å²) in [7, 11) is -3.90. The number of benzene rings is 3. The quantitative estimate of drug-likeness (QED) is 0.274. The van der Waals surface area contributed by atoms with Crippen molar-refractivity contribution in [1.82, 2.24) is 0 Å². The van der Waals surface area contributed by atoms with Gasteiger partial charge in [0, 0.05) is 10.7 Å². The van der Waals surface area contributed by atoms with E-state index in [1.165, 1.54) is 48.7 Å². The van der Waals surface area contributed by atoms with Gasteiger partial charge in [-0.05, 0) is 66.2 Å². The number of halogens is 2. The Kier molecular flexibility index (Phi) is 7.07. The number of hydrogen-bond acceptors (Lipinski definition) is 4. The molecule has 4 rings (SSSR count). The Morgan fingerprint density at radius 3 is 2.26 bits per heavy atom. The number of carbonyl (C=O) groups excluding carboxylic acids is 1. The predicted octanol–water partition coefficient (Wildman–Crippen LogP) is 6.57. The van der Waals surface area contributed by atoms with Crippen molar-refractivity contribution in [2.75, 3.05) is 10.0 Å². The third-order valence-electron chi connectivity index (χ3n) is 4.76. The Bertz CT molecular complexity index is 1430. The summed E-state index contributed by atoms with van der Waals surface area (Å²) in [5.41, 5.74) is 1.74. The van der Waals surface area contributed by atoms with Gasteiger partial charge in [-0.25, -0.2) is 8.42 Å². The van der Waals surface area contributed by atoms with Gasteiger partial charge in [-0.2, -0.15) is 0 Å². The van der Waals surface area contributed by atoms with Crippen LogP contribution in [0.15, 0.2) is 101 Å². The van der Waals surface area contributed by atoms with Gasteiger partial charge >= 0.3 is 0 Å². The average molecular weight is 513 g/mol. The van der Waals surface area contributed by atoms with Crippen LogP contribution < -0.4 is 10.0 Å². The largest absolute Gasteiger partial charge is 0.465 e. The van der Waals surface area contributed by atoms with Crippen molar-refractivity contribution >= 4 is 62.2 Å². The molecule has 0 bridgehead atoms. The number of rotatable bonds is 7. The summed E-state index contributed by atoms with van der Waals surface area (Å²) < 4.78 is 33.3. The van der Waals surface area contributed by atoms with Crippen molar-refractivity contribution in [2.24, 2.45) is 0 Å². The van der Waals surface area contributed by atoms with Gasteiger partial charge in [0.05, 0.1) is 27.4 Å². The molecule has 0 fully saturated rings. The maximum Gasteiger partial charge on any atom is 0.261 e. The molecule has 0 saturated heterocycles. The zero-order valence-electron chi connectivity index (χ0n) is 17.5. The Morgan fingerprint density at radius 2 is 1.62 bits per heavy atom. The molecule has 0 spiro atoms. The highest BCUT2D eigenvalue weighted by molar-refractivity contribution is 7.92. The molecule has 4 aromatic rings. The molecule has 0 atom stereocenters. The van der Waals surface area contributed by atoms with Crippen molar-refractivity contribution in [3.8, 4) is 0 Å². The SMILES string of the molecule is O=C(Nc1ccc(S(=O)(=O)Nc2ccc(Cl)cc2Cl)cc1)/C(=C/c1ccco1)c1ccccc1. The normalized spacial score (nSPS) is 11.8. The number of anilines is 2. The molecule has 1 aromatic heterocycles. The Hall–Kier alpha value is -3.52. The number of nitrogens with one attached hydrogen (secondary N) is 2. The predicted molar refractivity (Wildman–Crippen MR) is 135 cm³/mol. The van der Waals surface area contributed by atoms with E-state index in [0.29, 0.717) is 27.6 Å². The van der Waals surface area contributed by atoms with Gasteiger partial charge in [0.25, 0.3) is 15.9 Å². The summed E-state index contributed by atoms with van der Waals surface area (Å²) in [6, 6.07) is 22.9. The Labute approximate surface area is 206 Å². The molecule has 9 heteroatoms. The summed E-state index contributed by atoms with van der Waals surface area (Å²) in [4.78, 5) is 13.1. The molecule has 3 aromatic carbocycles. The standard InChI is InChI=1S/C25H18Cl2N2O4S/c26-18-8-13-24(23(27)15-18)29-34(31,32)21-11-9-19(10-12-21)28-25(30)22(16-20-7-4-14-33-20)17-5-2-1-3-6-17/h1-16,29H,(H,28,30)/b22-16+. The van der Waals surface area contributed by atoms with Gasteiger partial charge in [0.15, 0.2) is 0 Å². The van der Waals surface area contributed by atoms with E-state index in [1.54, 1.807) is 18.2 Å². The van der Waals surface area contributed by atoms with Crippen LogP contribution in [0, 0.1) is 0 Å². The maximum atomic E-state index is 13.1. The summed E-state index contributed by atoms with van der Waals surface area (Å²) in [5.74, 6) is 0.159. The lowest BCUT2D eigenvalue weighted by molar-refractivity contribution is -0.111. The minimum absolute atomic E-state index is 0.00549. The summed E-state index contributed by atoms with van der Waals surface area (Å²) in [6.45, 7) is 0. The van der Waals surface area contributed by atoms with E-state index in [9.17, 15) is 13.2 Å². The smallest absolute Gasteiger partial charge is 0.261 e. The van der Waals surface area contributed by atoms with Crippen molar-refractivity contribution in [2.45, 2.75) is 4.90 Å². The lowest BCUT2D eigenvalue weighted by Crippen LogP contribution is -2.15. The molecule has 2 N–H and O–H groups in total. The molecule has 0 saturated carbocycles. The average Bonchev–Trinajstić information content (AvgIpc) is 3.34. The topological polar surface area (TPSA) is 88.4 Å². The second-order valence-electron chi connectivity index (χ2n) is 7.15. The van der Waals surface area contributed by atoms with Crippen molar-refractivity contribution in [1.29, 1.82) is 0 Å². The van der Waals surface area contributed by atoms with Crippen LogP contribution in [0.2, 0.25) is 10.0 Å². The second-order valence-corrected chi connectivity index (χ2v) is 9.67. The lowest BCUT2D eigenvalue weighted by Gasteiger charge is -2.12. The maximum absolute atomic E-state index is 13.1. The molecule has 6 nitrogen and oxygen atoms in total. The van der Waals surface area contributed by atoms with E-state index >= 15 is 0 Å². The molecule has 0 unspecified atom stereocenters. The first-order valence-corrected chi connectivity index (χ1v) is 12.3. The van der Waals surface area contributed by atoms with Crippen LogP contribution in [0.4, 0.5) is 11.4 Å². The zero-order chi connectivity index (χ0) is 24.1. The summed E-state index contributed by atoms with van der Waals surface area (Å²) >= 11 is 11.9. The van der Waals surface area contributed by atoms with E-state index in [0.717, 1.165) is 0 Å². The molecule has 0 aliphatic heterocycles. The molecular formula is C25H18Cl2N2O4S. The first kappa shape index (κ1) is 23.6. The fraction of sp³-hybridized carbons (Fsp3) is 0. The number of sulfonamides is 1. The molecule has 1 amide bonds. The van der Waals surface area contributed by atoms with E-state index in [2.05, 4.69) is 10.0 Å². The van der Waals surface area contributed by atoms with Crippen molar-refractivity contribution in [3.05, 3.63) is 113 Å². The number of carbonyl (C=O) groups is 1. The highest BCUT2D eigenvalue weighted by Crippen LogP contribution is 2.28. The van der Waals surface area contributed by atoms with Crippen LogP contribution in [-0.4, -0.2) is 14.3 Å². The second kappa shape index (κ2) is 10.2. The minimum atomic E-state index is -3.90. The summed E-state index contributed by atoms with van der Waals surface area (Å²) in [6.07, 6.45) is 3.17. The highest BCUT2D eigenvalue weighted by atomic mass is 35.5. The van der Waals surface area contributed by atoms with Gasteiger partial charge in [-0.1, -0.05) is 53.5 Å². The molecule has 0 radical (unpaired) electrons. The van der Waals surface area contributed by atoms with Crippen LogP contribution >= 0.6 is 23.2 Å². The third kappa shape index (κ3) is 5.69. The lowest BCUT2D eigenvalue weighted by atomic mass is 10.0. The molecule has 0 aliphatic carbocycles. The van der Waals surface area contributed by atoms with Gasteiger partial charge in [0.2, 0.25) is 0 Å². The fourth-order valence-electron chi connectivity index (χ4n) is 3.11. The van der Waals surface area contributed by atoms with Crippen LogP contribution in [0.5, 0.6) is 0 Å². The monoisotopic (exact) mass is 512 g/mol. The molecule has 1 heterocycles. The molecular weight excluding hydrogens is 495 g/mol. The minimum Gasteiger partial charge on any atom is -0.465 e. The molecule has 0 aliphatic rings. The van der Waals surface area contributed by atoms with Crippen LogP contribution in [-0.2, 0) is 14.8 Å². The van der Waals surface area contributed by atoms with Crippen LogP contribution in [0.1, 0.15) is 11.3 Å². The van der Waals surface area contributed by atoms with Gasteiger partial charge in [-0.3, -0.25) is 9.52 Å². The van der Waals surface area contributed by atoms with Gasteiger partial charge < -0.3 is 9.73 Å². The van der Waals surface area contributed by atoms with Crippen LogP contribution in [0.25, 0.3) is 11.6 Å². The number of amides is 1. The number of hydrogen-bond donors (Lipinski definition) is 2. The van der Waals surface area contributed by atoms with E-state index < -0.39 is 10.0 Å². The fourth-order valence-corrected chi connectivity index (χ4v) is 4.70. The summed E-state index contributed by atoms with van der Waals surface area (Å²) in [5, 5.41) is 3.37. The zero-order valence-corrected chi connectivity index (χ0v) is 19.9. The van der Waals surface area contributed by atoms with Crippen LogP contribution in [0.3, 0.4) is 0 Å². The third-order valence-corrected chi connectivity index (χ3v) is 6.69. The van der Waals surface area contributed by atoms with E-state index in [-0.39, 0.29) is 21.5 Å². The van der Waals surface area contributed by atoms with Gasteiger partial charge in [-0.15, -0.1) is 0 Å². The van der Waals surface area contributed by atoms with Gasteiger partial charge in [0.1, 0.15) is 5.76 Å². The van der Waals surface area contributed by atoms with Crippen molar-refractivity contribution in [3.63, 3.8) is 0 Å². The van der Waals surface area contributed by atoms with Crippen molar-refractivity contribution < 1.29 is 17.6 Å². The first-order chi connectivity index (χ1) is 16.3. The highest BCUT2D eigenvalue weighted by Gasteiger charge is 2.17.